The molecule has 2 aromatic rings. The average Bonchev–Trinajstić information content (AvgIpc) is 2.85. The second-order valence-electron chi connectivity index (χ2n) is 5.19. The number of nitrogens with zero attached hydrogens (tertiary/aromatic N) is 2. The monoisotopic (exact) mass is 316 g/mol. The summed E-state index contributed by atoms with van der Waals surface area (Å²) in [6.07, 6.45) is 2.96. The molecule has 2 rings (SSSR count). The maximum atomic E-state index is 12.1. The standard InChI is InChI=1S/C16H20N4O3/c1-3-13-14(10-20(2)19-13)18-16(23)17-12-6-4-5-11(9-12)7-8-15(21)22/h4-6,9-10H,3,7-8H2,1-2H3,(H,21,22)(H2,17,18,23). The Hall–Kier alpha value is -2.83. The quantitative estimate of drug-likeness (QED) is 0.763. The number of carboxylic acids is 1. The SMILES string of the molecule is CCc1nn(C)cc1NC(=O)Nc1cccc(CCC(=O)O)c1. The van der Waals surface area contributed by atoms with Gasteiger partial charge in [0.1, 0.15) is 0 Å². The molecule has 1 heterocycles. The summed E-state index contributed by atoms with van der Waals surface area (Å²) in [7, 11) is 1.80. The molecule has 0 unspecified atom stereocenters. The number of aromatic nitrogens is 2. The van der Waals surface area contributed by atoms with Crippen molar-refractivity contribution >= 4 is 23.4 Å². The summed E-state index contributed by atoms with van der Waals surface area (Å²) in [6.45, 7) is 1.97. The zero-order valence-corrected chi connectivity index (χ0v) is 13.2. The smallest absolute Gasteiger partial charge is 0.323 e. The number of aliphatic carboxylic acids is 1. The first-order chi connectivity index (χ1) is 11.0. The van der Waals surface area contributed by atoms with Crippen LogP contribution in [-0.2, 0) is 24.7 Å². The minimum atomic E-state index is -0.843. The Balaban J connectivity index is 1.99. The Bertz CT molecular complexity index is 709. The van der Waals surface area contributed by atoms with E-state index in [0.717, 1.165) is 17.7 Å². The number of carboxylic acid groups (broad SMARTS) is 1. The van der Waals surface area contributed by atoms with Crippen molar-refractivity contribution in [2.75, 3.05) is 10.6 Å². The van der Waals surface area contributed by atoms with Gasteiger partial charge in [0.2, 0.25) is 0 Å². The van der Waals surface area contributed by atoms with Crippen LogP contribution in [0.2, 0.25) is 0 Å². The van der Waals surface area contributed by atoms with Crippen LogP contribution in [0.15, 0.2) is 30.5 Å². The van der Waals surface area contributed by atoms with E-state index in [-0.39, 0.29) is 12.5 Å². The topological polar surface area (TPSA) is 96.3 Å². The van der Waals surface area contributed by atoms with Gasteiger partial charge in [0.25, 0.3) is 0 Å². The molecule has 2 amide bonds. The molecule has 7 nitrogen and oxygen atoms in total. The van der Waals surface area contributed by atoms with Crippen LogP contribution in [0.3, 0.4) is 0 Å². The van der Waals surface area contributed by atoms with E-state index < -0.39 is 5.97 Å². The lowest BCUT2D eigenvalue weighted by Gasteiger charge is -2.08. The van der Waals surface area contributed by atoms with E-state index >= 15 is 0 Å². The highest BCUT2D eigenvalue weighted by Crippen LogP contribution is 2.16. The predicted molar refractivity (Wildman–Crippen MR) is 87.6 cm³/mol. The van der Waals surface area contributed by atoms with E-state index in [1.807, 2.05) is 13.0 Å². The molecule has 1 aromatic heterocycles. The minimum Gasteiger partial charge on any atom is -0.481 e. The Morgan fingerprint density at radius 3 is 2.78 bits per heavy atom. The van der Waals surface area contributed by atoms with Crippen LogP contribution in [0.5, 0.6) is 0 Å². The molecular weight excluding hydrogens is 296 g/mol. The zero-order valence-electron chi connectivity index (χ0n) is 13.2. The molecule has 7 heteroatoms. The van der Waals surface area contributed by atoms with Crippen molar-refractivity contribution in [3.05, 3.63) is 41.7 Å². The first-order valence-electron chi connectivity index (χ1n) is 7.39. The number of urea groups is 1. The Labute approximate surface area is 134 Å². The van der Waals surface area contributed by atoms with Crippen LogP contribution in [0.1, 0.15) is 24.6 Å². The van der Waals surface area contributed by atoms with Gasteiger partial charge in [0, 0.05) is 25.4 Å². The van der Waals surface area contributed by atoms with Gasteiger partial charge in [-0.2, -0.15) is 5.10 Å². The molecule has 0 saturated heterocycles. The number of hydrogen-bond donors (Lipinski definition) is 3. The fraction of sp³-hybridized carbons (Fsp3) is 0.312. The van der Waals surface area contributed by atoms with Gasteiger partial charge in [-0.1, -0.05) is 19.1 Å². The second-order valence-corrected chi connectivity index (χ2v) is 5.19. The molecule has 0 saturated carbocycles. The number of anilines is 2. The number of benzene rings is 1. The van der Waals surface area contributed by atoms with Gasteiger partial charge in [-0.25, -0.2) is 4.79 Å². The summed E-state index contributed by atoms with van der Waals surface area (Å²) in [6, 6.07) is 6.79. The highest BCUT2D eigenvalue weighted by molar-refractivity contribution is 6.00. The Morgan fingerprint density at radius 1 is 1.30 bits per heavy atom. The van der Waals surface area contributed by atoms with Crippen molar-refractivity contribution in [1.82, 2.24) is 9.78 Å². The van der Waals surface area contributed by atoms with Crippen molar-refractivity contribution in [3.63, 3.8) is 0 Å². The summed E-state index contributed by atoms with van der Waals surface area (Å²) >= 11 is 0. The molecule has 3 N–H and O–H groups in total. The van der Waals surface area contributed by atoms with Crippen LogP contribution >= 0.6 is 0 Å². The van der Waals surface area contributed by atoms with Crippen molar-refractivity contribution in [1.29, 1.82) is 0 Å². The Morgan fingerprint density at radius 2 is 2.09 bits per heavy atom. The maximum Gasteiger partial charge on any atom is 0.323 e. The molecule has 0 atom stereocenters. The molecule has 0 aliphatic heterocycles. The number of hydrogen-bond acceptors (Lipinski definition) is 3. The average molecular weight is 316 g/mol. The molecule has 0 fully saturated rings. The van der Waals surface area contributed by atoms with Crippen LogP contribution in [0.4, 0.5) is 16.2 Å². The summed E-state index contributed by atoms with van der Waals surface area (Å²) in [4.78, 5) is 22.7. The zero-order chi connectivity index (χ0) is 16.8. The number of rotatable bonds is 6. The van der Waals surface area contributed by atoms with Gasteiger partial charge >= 0.3 is 12.0 Å². The number of nitrogens with one attached hydrogen (secondary N) is 2. The molecule has 122 valence electrons. The van der Waals surface area contributed by atoms with Crippen LogP contribution in [-0.4, -0.2) is 26.9 Å². The van der Waals surface area contributed by atoms with E-state index in [0.29, 0.717) is 17.8 Å². The summed E-state index contributed by atoms with van der Waals surface area (Å²) in [5.74, 6) is -0.843. The molecule has 1 aromatic carbocycles. The minimum absolute atomic E-state index is 0.0607. The number of carbonyl (C=O) groups excluding carboxylic acids is 1. The van der Waals surface area contributed by atoms with E-state index in [1.54, 1.807) is 36.1 Å². The lowest BCUT2D eigenvalue weighted by atomic mass is 10.1. The first-order valence-corrected chi connectivity index (χ1v) is 7.39. The van der Waals surface area contributed by atoms with Crippen molar-refractivity contribution < 1.29 is 14.7 Å². The Kier molecular flexibility index (Phi) is 5.35. The highest BCUT2D eigenvalue weighted by Gasteiger charge is 2.10. The number of amides is 2. The number of carbonyl (C=O) groups is 2. The van der Waals surface area contributed by atoms with Gasteiger partial charge in [0.05, 0.1) is 11.4 Å². The molecule has 23 heavy (non-hydrogen) atoms. The lowest BCUT2D eigenvalue weighted by molar-refractivity contribution is -0.136. The van der Waals surface area contributed by atoms with Crippen LogP contribution in [0, 0.1) is 0 Å². The van der Waals surface area contributed by atoms with Crippen LogP contribution in [0.25, 0.3) is 0 Å². The molecular formula is C16H20N4O3. The molecule has 0 aliphatic carbocycles. The summed E-state index contributed by atoms with van der Waals surface area (Å²) < 4.78 is 1.65. The fourth-order valence-corrected chi connectivity index (χ4v) is 2.24. The third kappa shape index (κ3) is 4.84. The van der Waals surface area contributed by atoms with E-state index in [2.05, 4.69) is 15.7 Å². The third-order valence-electron chi connectivity index (χ3n) is 3.30. The van der Waals surface area contributed by atoms with Crippen molar-refractivity contribution in [2.45, 2.75) is 26.2 Å². The summed E-state index contributed by atoms with van der Waals surface area (Å²) in [5.41, 5.74) is 2.97. The van der Waals surface area contributed by atoms with Crippen molar-refractivity contribution in [3.8, 4) is 0 Å². The second kappa shape index (κ2) is 7.44. The van der Waals surface area contributed by atoms with Gasteiger partial charge in [-0.3, -0.25) is 9.48 Å². The number of aryl methyl sites for hydroxylation is 3. The fourth-order valence-electron chi connectivity index (χ4n) is 2.24. The maximum absolute atomic E-state index is 12.1. The molecule has 0 aliphatic rings. The van der Waals surface area contributed by atoms with Gasteiger partial charge in [-0.15, -0.1) is 0 Å². The van der Waals surface area contributed by atoms with Gasteiger partial charge < -0.3 is 15.7 Å². The largest absolute Gasteiger partial charge is 0.481 e. The molecule has 0 radical (unpaired) electrons. The summed E-state index contributed by atoms with van der Waals surface area (Å²) in [5, 5.41) is 18.5. The van der Waals surface area contributed by atoms with Crippen molar-refractivity contribution in [2.24, 2.45) is 7.05 Å². The van der Waals surface area contributed by atoms with Gasteiger partial charge in [0.15, 0.2) is 0 Å². The molecule has 0 spiro atoms. The molecule has 0 bridgehead atoms. The highest BCUT2D eigenvalue weighted by atomic mass is 16.4. The van der Waals surface area contributed by atoms with E-state index in [4.69, 9.17) is 5.11 Å². The normalized spacial score (nSPS) is 10.3. The van der Waals surface area contributed by atoms with E-state index in [1.165, 1.54) is 0 Å². The van der Waals surface area contributed by atoms with E-state index in [9.17, 15) is 9.59 Å². The predicted octanol–water partition coefficient (Wildman–Crippen LogP) is 2.64. The third-order valence-corrected chi connectivity index (χ3v) is 3.30. The lowest BCUT2D eigenvalue weighted by Crippen LogP contribution is -2.20. The first kappa shape index (κ1) is 16.5. The van der Waals surface area contributed by atoms with Gasteiger partial charge in [-0.05, 0) is 30.5 Å². The van der Waals surface area contributed by atoms with Crippen LogP contribution < -0.4 is 10.6 Å².